The second-order valence-electron chi connectivity index (χ2n) is 5.22. The van der Waals surface area contributed by atoms with Crippen LogP contribution >= 0.6 is 11.1 Å². The molecule has 0 amide bonds. The van der Waals surface area contributed by atoms with Crippen LogP contribution in [0.3, 0.4) is 0 Å². The van der Waals surface area contributed by atoms with Gasteiger partial charge in [0.2, 0.25) is 0 Å². The minimum atomic E-state index is -2.76. The van der Waals surface area contributed by atoms with Crippen LogP contribution in [-0.4, -0.2) is 19.1 Å². The van der Waals surface area contributed by atoms with E-state index >= 15 is 0 Å². The topological polar surface area (TPSA) is 18.5 Å². The molecule has 0 aromatic rings. The smallest absolute Gasteiger partial charge is 0.375 e. The highest BCUT2D eigenvalue weighted by atomic mass is 35.6. The fourth-order valence-electron chi connectivity index (χ4n) is 0.939. The van der Waals surface area contributed by atoms with Crippen LogP contribution in [0.1, 0.15) is 41.5 Å². The highest BCUT2D eigenvalue weighted by Crippen LogP contribution is 2.27. The zero-order chi connectivity index (χ0) is 11.6. The predicted octanol–water partition coefficient (Wildman–Crippen LogP) is 3.52. The van der Waals surface area contributed by atoms with Crippen molar-refractivity contribution >= 4 is 18.9 Å². The van der Waals surface area contributed by atoms with Crippen LogP contribution in [0.25, 0.3) is 0 Å². The summed E-state index contributed by atoms with van der Waals surface area (Å²) in [6.45, 7) is 15.4. The molecule has 0 bridgehead atoms. The first-order valence-electron chi connectivity index (χ1n) is 4.70. The average Bonchev–Trinajstić information content (AvgIpc) is 1.78. The van der Waals surface area contributed by atoms with Gasteiger partial charge in [-0.3, -0.25) is 0 Å². The summed E-state index contributed by atoms with van der Waals surface area (Å²) in [6.07, 6.45) is 0. The third-order valence-electron chi connectivity index (χ3n) is 1.13. The molecular weight excluding hydrogens is 216 g/mol. The van der Waals surface area contributed by atoms with Crippen molar-refractivity contribution in [3.05, 3.63) is 12.3 Å². The third-order valence-corrected chi connectivity index (χ3v) is 4.33. The van der Waals surface area contributed by atoms with Crippen molar-refractivity contribution < 1.29 is 8.85 Å². The molecular formula is C10H21ClO2Si. The van der Waals surface area contributed by atoms with Gasteiger partial charge < -0.3 is 8.85 Å². The highest BCUT2D eigenvalue weighted by Gasteiger charge is 2.40. The van der Waals surface area contributed by atoms with Gasteiger partial charge >= 0.3 is 7.87 Å². The number of rotatable bonds is 3. The maximum absolute atomic E-state index is 6.27. The molecule has 0 spiro atoms. The lowest BCUT2D eigenvalue weighted by molar-refractivity contribution is 0.0333. The lowest BCUT2D eigenvalue weighted by atomic mass is 10.2. The van der Waals surface area contributed by atoms with Gasteiger partial charge in [0.1, 0.15) is 0 Å². The number of halogens is 1. The number of hydrogen-bond acceptors (Lipinski definition) is 2. The minimum absolute atomic E-state index is 0.312. The van der Waals surface area contributed by atoms with Gasteiger partial charge in [-0.25, -0.2) is 0 Å². The van der Waals surface area contributed by atoms with E-state index in [9.17, 15) is 0 Å². The summed E-state index contributed by atoms with van der Waals surface area (Å²) in [6, 6.07) is 0. The molecule has 84 valence electrons. The van der Waals surface area contributed by atoms with Crippen LogP contribution in [-0.2, 0) is 8.85 Å². The van der Waals surface area contributed by atoms with Crippen molar-refractivity contribution in [2.75, 3.05) is 0 Å². The van der Waals surface area contributed by atoms with Gasteiger partial charge in [-0.2, -0.15) is 0 Å². The maximum atomic E-state index is 6.27. The quantitative estimate of drug-likeness (QED) is 0.552. The summed E-state index contributed by atoms with van der Waals surface area (Å²) < 4.78 is 11.4. The van der Waals surface area contributed by atoms with E-state index in [-0.39, 0.29) is 11.2 Å². The molecule has 0 aliphatic heterocycles. The van der Waals surface area contributed by atoms with Crippen molar-refractivity contribution in [2.24, 2.45) is 0 Å². The van der Waals surface area contributed by atoms with Crippen LogP contribution < -0.4 is 0 Å². The van der Waals surface area contributed by atoms with Crippen molar-refractivity contribution in [3.63, 3.8) is 0 Å². The van der Waals surface area contributed by atoms with Gasteiger partial charge in [0, 0.05) is 0 Å². The Labute approximate surface area is 93.2 Å². The van der Waals surface area contributed by atoms with Crippen LogP contribution in [0, 0.1) is 0 Å². The molecule has 0 saturated carbocycles. The molecule has 0 rings (SSSR count). The Balaban J connectivity index is 4.57. The van der Waals surface area contributed by atoms with Crippen molar-refractivity contribution in [1.29, 1.82) is 0 Å². The molecule has 0 aliphatic carbocycles. The maximum Gasteiger partial charge on any atom is 0.471 e. The summed E-state index contributed by atoms with van der Waals surface area (Å²) >= 11 is 6.27. The van der Waals surface area contributed by atoms with E-state index in [2.05, 4.69) is 6.58 Å². The molecule has 0 atom stereocenters. The minimum Gasteiger partial charge on any atom is -0.375 e. The van der Waals surface area contributed by atoms with Gasteiger partial charge in [-0.05, 0) is 47.2 Å². The van der Waals surface area contributed by atoms with Crippen LogP contribution in [0.2, 0.25) is 0 Å². The van der Waals surface area contributed by atoms with E-state index in [1.807, 2.05) is 41.5 Å². The lowest BCUT2D eigenvalue weighted by Gasteiger charge is -2.34. The Bertz CT molecular complexity index is 187. The summed E-state index contributed by atoms with van der Waals surface area (Å²) in [4.78, 5) is 0. The molecule has 0 radical (unpaired) electrons. The monoisotopic (exact) mass is 236 g/mol. The first kappa shape index (κ1) is 14.2. The average molecular weight is 237 g/mol. The Hall–Kier alpha value is 0.167. The largest absolute Gasteiger partial charge is 0.471 e. The Morgan fingerprint density at radius 2 is 1.29 bits per heavy atom. The summed E-state index contributed by atoms with van der Waals surface area (Å²) in [5.74, 6) is 0. The summed E-state index contributed by atoms with van der Waals surface area (Å²) in [7, 11) is -2.76. The first-order valence-corrected chi connectivity index (χ1v) is 7.61. The molecule has 4 heteroatoms. The third kappa shape index (κ3) is 6.60. The molecule has 2 nitrogen and oxygen atoms in total. The van der Waals surface area contributed by atoms with E-state index in [1.165, 1.54) is 0 Å². The van der Waals surface area contributed by atoms with Crippen LogP contribution in [0.15, 0.2) is 12.3 Å². The van der Waals surface area contributed by atoms with E-state index in [4.69, 9.17) is 19.9 Å². The zero-order valence-electron chi connectivity index (χ0n) is 9.98. The van der Waals surface area contributed by atoms with Crippen LogP contribution in [0.5, 0.6) is 0 Å². The molecule has 14 heavy (non-hydrogen) atoms. The first-order chi connectivity index (χ1) is 5.97. The molecule has 0 saturated heterocycles. The van der Waals surface area contributed by atoms with Gasteiger partial charge in [-0.1, -0.05) is 11.1 Å². The lowest BCUT2D eigenvalue weighted by Crippen LogP contribution is -2.46. The SMILES string of the molecule is C=C[Si](Cl)(OC(C)(C)C)OC(C)(C)C. The zero-order valence-corrected chi connectivity index (χ0v) is 11.7. The molecule has 0 fully saturated rings. The molecule has 0 heterocycles. The summed E-state index contributed by atoms with van der Waals surface area (Å²) in [5, 5.41) is 0. The fourth-order valence-corrected chi connectivity index (χ4v) is 4.21. The Morgan fingerprint density at radius 1 is 1.00 bits per heavy atom. The van der Waals surface area contributed by atoms with Gasteiger partial charge in [0.15, 0.2) is 0 Å². The molecule has 0 N–H and O–H groups in total. The summed E-state index contributed by atoms with van der Waals surface area (Å²) in [5.41, 5.74) is 0.978. The second kappa shape index (κ2) is 4.35. The fraction of sp³-hybridized carbons (Fsp3) is 0.800. The van der Waals surface area contributed by atoms with Gasteiger partial charge in [0.25, 0.3) is 0 Å². The standard InChI is InChI=1S/C10H21ClO2Si/c1-8-14(11,12-9(2,3)4)13-10(5,6)7/h8H,1H2,2-7H3. The molecule has 0 unspecified atom stereocenters. The van der Waals surface area contributed by atoms with Crippen molar-refractivity contribution in [3.8, 4) is 0 Å². The highest BCUT2D eigenvalue weighted by molar-refractivity contribution is 7.15. The normalized spacial score (nSPS) is 14.2. The second-order valence-corrected chi connectivity index (χ2v) is 8.78. The number of hydrogen-bond donors (Lipinski definition) is 0. The molecule has 0 aliphatic rings. The molecule has 0 aromatic carbocycles. The van der Waals surface area contributed by atoms with E-state index < -0.39 is 7.87 Å². The van der Waals surface area contributed by atoms with Crippen molar-refractivity contribution in [2.45, 2.75) is 52.7 Å². The molecule has 0 aromatic heterocycles. The van der Waals surface area contributed by atoms with Crippen molar-refractivity contribution in [1.82, 2.24) is 0 Å². The Morgan fingerprint density at radius 3 is 1.43 bits per heavy atom. The predicted molar refractivity (Wildman–Crippen MR) is 63.5 cm³/mol. The van der Waals surface area contributed by atoms with Crippen LogP contribution in [0.4, 0.5) is 0 Å². The van der Waals surface area contributed by atoms with E-state index in [1.54, 1.807) is 5.70 Å². The van der Waals surface area contributed by atoms with E-state index in [0.29, 0.717) is 0 Å². The van der Waals surface area contributed by atoms with E-state index in [0.717, 1.165) is 0 Å². The Kier molecular flexibility index (Phi) is 4.40. The van der Waals surface area contributed by atoms with Gasteiger partial charge in [0.05, 0.1) is 11.2 Å². The van der Waals surface area contributed by atoms with Gasteiger partial charge in [-0.15, -0.1) is 6.58 Å².